The van der Waals surface area contributed by atoms with E-state index < -0.39 is 0 Å². The van der Waals surface area contributed by atoms with Crippen molar-refractivity contribution in [3.05, 3.63) is 51.6 Å². The van der Waals surface area contributed by atoms with E-state index in [-0.39, 0.29) is 24.8 Å². The Morgan fingerprint density at radius 1 is 1.46 bits per heavy atom. The van der Waals surface area contributed by atoms with Gasteiger partial charge in [0, 0.05) is 24.1 Å². The molecule has 1 aromatic carbocycles. The summed E-state index contributed by atoms with van der Waals surface area (Å²) in [7, 11) is 0. The highest BCUT2D eigenvalue weighted by atomic mass is 35.5. The van der Waals surface area contributed by atoms with Gasteiger partial charge in [0.25, 0.3) is 5.91 Å². The molecular weight excluding hydrogens is 394 g/mol. The van der Waals surface area contributed by atoms with E-state index in [1.807, 2.05) is 18.2 Å². The number of rotatable bonds is 5. The summed E-state index contributed by atoms with van der Waals surface area (Å²) in [5, 5.41) is 6.86. The van der Waals surface area contributed by atoms with E-state index >= 15 is 0 Å². The second-order valence-corrected chi connectivity index (χ2v) is 7.56. The average Bonchev–Trinajstić information content (AvgIpc) is 3.11. The molecule has 0 radical (unpaired) electrons. The van der Waals surface area contributed by atoms with Crippen LogP contribution < -0.4 is 5.32 Å². The Bertz CT molecular complexity index is 910. The third kappa shape index (κ3) is 4.32. The largest absolute Gasteiger partial charge is 0.360 e. The molecule has 2 heterocycles. The van der Waals surface area contributed by atoms with Gasteiger partial charge in [0.1, 0.15) is 10.1 Å². The third-order valence-corrected chi connectivity index (χ3v) is 5.25. The van der Waals surface area contributed by atoms with Gasteiger partial charge < -0.3 is 9.84 Å². The van der Waals surface area contributed by atoms with Crippen molar-refractivity contribution in [1.82, 2.24) is 10.1 Å². The number of aromatic nitrogens is 1. The van der Waals surface area contributed by atoms with Gasteiger partial charge in [-0.25, -0.2) is 0 Å². The third-order valence-electron chi connectivity index (χ3n) is 3.52. The highest BCUT2D eigenvalue weighted by Gasteiger charge is 2.32. The van der Waals surface area contributed by atoms with E-state index in [1.165, 1.54) is 16.7 Å². The lowest BCUT2D eigenvalue weighted by molar-refractivity contribution is -0.122. The van der Waals surface area contributed by atoms with Crippen molar-refractivity contribution >= 4 is 63.6 Å². The van der Waals surface area contributed by atoms with Crippen molar-refractivity contribution in [3.63, 3.8) is 0 Å². The smallest absolute Gasteiger partial charge is 0.266 e. The molecular formula is C17H14ClN3O3S2. The summed E-state index contributed by atoms with van der Waals surface area (Å²) in [5.74, 6) is 0.436. The minimum Gasteiger partial charge on any atom is -0.360 e. The highest BCUT2D eigenvalue weighted by Crippen LogP contribution is 2.33. The van der Waals surface area contributed by atoms with Crippen molar-refractivity contribution in [2.45, 2.75) is 13.3 Å². The predicted octanol–water partition coefficient (Wildman–Crippen LogP) is 3.87. The summed E-state index contributed by atoms with van der Waals surface area (Å²) in [6, 6.07) is 8.85. The molecule has 1 saturated heterocycles. The zero-order valence-electron chi connectivity index (χ0n) is 13.7. The second kappa shape index (κ2) is 8.03. The number of nitrogens with zero attached hydrogens (tertiary/aromatic N) is 2. The lowest BCUT2D eigenvalue weighted by atomic mass is 10.2. The molecule has 26 heavy (non-hydrogen) atoms. The van der Waals surface area contributed by atoms with Crippen molar-refractivity contribution in [1.29, 1.82) is 0 Å². The molecule has 0 saturated carbocycles. The second-order valence-electron chi connectivity index (χ2n) is 5.48. The van der Waals surface area contributed by atoms with Gasteiger partial charge in [-0.2, -0.15) is 0 Å². The summed E-state index contributed by atoms with van der Waals surface area (Å²) in [6.45, 7) is 1.92. The maximum Gasteiger partial charge on any atom is 0.266 e. The van der Waals surface area contributed by atoms with Crippen LogP contribution in [0.25, 0.3) is 6.08 Å². The highest BCUT2D eigenvalue weighted by molar-refractivity contribution is 8.26. The molecule has 3 rings (SSSR count). The molecule has 1 N–H and O–H groups in total. The number of amides is 2. The Hall–Kier alpha value is -2.16. The first-order valence-corrected chi connectivity index (χ1v) is 9.27. The molecule has 0 spiro atoms. The molecule has 134 valence electrons. The monoisotopic (exact) mass is 407 g/mol. The van der Waals surface area contributed by atoms with Crippen LogP contribution in [0.5, 0.6) is 0 Å². The normalized spacial score (nSPS) is 15.8. The molecule has 1 aromatic heterocycles. The van der Waals surface area contributed by atoms with E-state index in [1.54, 1.807) is 25.1 Å². The number of halogens is 1. The van der Waals surface area contributed by atoms with E-state index in [2.05, 4.69) is 10.5 Å². The fourth-order valence-corrected chi connectivity index (χ4v) is 3.76. The van der Waals surface area contributed by atoms with Crippen LogP contribution >= 0.6 is 35.6 Å². The van der Waals surface area contributed by atoms with Crippen LogP contribution in [0.1, 0.15) is 17.7 Å². The summed E-state index contributed by atoms with van der Waals surface area (Å²) >= 11 is 12.6. The Balaban J connectivity index is 1.62. The SMILES string of the molecule is Cc1cc(NC(=O)CCN2C(=O)/C(=C\c3ccccc3Cl)SC2=S)no1. The maximum absolute atomic E-state index is 12.6. The average molecular weight is 408 g/mol. The summed E-state index contributed by atoms with van der Waals surface area (Å²) in [5.41, 5.74) is 0.744. The Kier molecular flexibility index (Phi) is 5.75. The van der Waals surface area contributed by atoms with Gasteiger partial charge in [0.15, 0.2) is 5.82 Å². The van der Waals surface area contributed by atoms with E-state index in [4.69, 9.17) is 28.3 Å². The number of aryl methyl sites for hydroxylation is 1. The molecule has 0 bridgehead atoms. The van der Waals surface area contributed by atoms with Gasteiger partial charge in [0.2, 0.25) is 5.91 Å². The molecule has 1 aliphatic rings. The Labute approximate surface area is 164 Å². The number of thioether (sulfide) groups is 1. The van der Waals surface area contributed by atoms with Crippen LogP contribution in [-0.4, -0.2) is 32.7 Å². The number of carbonyl (C=O) groups is 2. The van der Waals surface area contributed by atoms with E-state index in [9.17, 15) is 9.59 Å². The van der Waals surface area contributed by atoms with Gasteiger partial charge in [-0.05, 0) is 24.6 Å². The molecule has 9 heteroatoms. The number of carbonyl (C=O) groups excluding carboxylic acids is 2. The van der Waals surface area contributed by atoms with Gasteiger partial charge >= 0.3 is 0 Å². The fourth-order valence-electron chi connectivity index (χ4n) is 2.27. The van der Waals surface area contributed by atoms with E-state index in [0.29, 0.717) is 25.8 Å². The molecule has 6 nitrogen and oxygen atoms in total. The number of hydrogen-bond acceptors (Lipinski definition) is 6. The first-order valence-electron chi connectivity index (χ1n) is 7.67. The Morgan fingerprint density at radius 3 is 2.92 bits per heavy atom. The van der Waals surface area contributed by atoms with Crippen LogP contribution in [0, 0.1) is 6.92 Å². The number of nitrogens with one attached hydrogen (secondary N) is 1. The van der Waals surface area contributed by atoms with Crippen molar-refractivity contribution in [2.24, 2.45) is 0 Å². The molecule has 2 amide bonds. The first kappa shape index (κ1) is 18.6. The molecule has 2 aromatic rings. The van der Waals surface area contributed by atoms with Gasteiger partial charge in [-0.15, -0.1) is 0 Å². The number of anilines is 1. The predicted molar refractivity (Wildman–Crippen MR) is 106 cm³/mol. The number of hydrogen-bond donors (Lipinski definition) is 1. The summed E-state index contributed by atoms with van der Waals surface area (Å²) in [4.78, 5) is 26.4. The topological polar surface area (TPSA) is 75.4 Å². The van der Waals surface area contributed by atoms with Crippen molar-refractivity contribution < 1.29 is 14.1 Å². The fraction of sp³-hybridized carbons (Fsp3) is 0.176. The molecule has 1 fully saturated rings. The number of thiocarbonyl (C=S) groups is 1. The van der Waals surface area contributed by atoms with Crippen LogP contribution in [0.2, 0.25) is 5.02 Å². The zero-order chi connectivity index (χ0) is 18.7. The minimum absolute atomic E-state index is 0.0950. The Morgan fingerprint density at radius 2 is 2.23 bits per heavy atom. The number of benzene rings is 1. The van der Waals surface area contributed by atoms with Gasteiger partial charge in [0.05, 0.1) is 4.91 Å². The summed E-state index contributed by atoms with van der Waals surface area (Å²) in [6.07, 6.45) is 1.80. The minimum atomic E-state index is -0.276. The molecule has 1 aliphatic heterocycles. The van der Waals surface area contributed by atoms with E-state index in [0.717, 1.165) is 5.56 Å². The lowest BCUT2D eigenvalue weighted by Crippen LogP contribution is -2.31. The van der Waals surface area contributed by atoms with Crippen molar-refractivity contribution in [2.75, 3.05) is 11.9 Å². The maximum atomic E-state index is 12.6. The van der Waals surface area contributed by atoms with Crippen LogP contribution in [0.3, 0.4) is 0 Å². The lowest BCUT2D eigenvalue weighted by Gasteiger charge is -2.13. The summed E-state index contributed by atoms with van der Waals surface area (Å²) < 4.78 is 5.30. The van der Waals surface area contributed by atoms with Crippen LogP contribution in [0.15, 0.2) is 39.8 Å². The quantitative estimate of drug-likeness (QED) is 0.599. The zero-order valence-corrected chi connectivity index (χ0v) is 16.1. The van der Waals surface area contributed by atoms with Crippen LogP contribution in [0.4, 0.5) is 5.82 Å². The molecule has 0 atom stereocenters. The van der Waals surface area contributed by atoms with Crippen LogP contribution in [-0.2, 0) is 9.59 Å². The van der Waals surface area contributed by atoms with Crippen molar-refractivity contribution in [3.8, 4) is 0 Å². The standard InChI is InChI=1S/C17H14ClN3O3S2/c1-10-8-14(20-24-10)19-15(22)6-7-21-16(23)13(26-17(21)25)9-11-4-2-3-5-12(11)18/h2-5,8-9H,6-7H2,1H3,(H,19,20,22)/b13-9+. The van der Waals surface area contributed by atoms with Gasteiger partial charge in [-0.3, -0.25) is 14.5 Å². The first-order chi connectivity index (χ1) is 12.4. The van der Waals surface area contributed by atoms with Gasteiger partial charge in [-0.1, -0.05) is 58.9 Å². The molecule has 0 aliphatic carbocycles. The molecule has 0 unspecified atom stereocenters.